The molecule has 0 unspecified atom stereocenters. The number of hydrogen-bond donors (Lipinski definition) is 2. The Balaban J connectivity index is 1.27. The van der Waals surface area contributed by atoms with Crippen LogP contribution in [0.15, 0.2) is 83.5 Å². The Morgan fingerprint density at radius 2 is 1.86 bits per heavy atom. The van der Waals surface area contributed by atoms with Crippen molar-refractivity contribution in [3.05, 3.63) is 101 Å². The molecule has 0 aliphatic heterocycles. The minimum absolute atomic E-state index is 0.0903. The van der Waals surface area contributed by atoms with Crippen LogP contribution in [0, 0.1) is 6.92 Å². The van der Waals surface area contributed by atoms with Gasteiger partial charge in [-0.2, -0.15) is 0 Å². The fraction of sp³-hybridized carbons (Fsp3) is 0.250. The quantitative estimate of drug-likeness (QED) is 0.145. The van der Waals surface area contributed by atoms with Crippen LogP contribution < -0.4 is 15.4 Å². The largest absolute Gasteiger partial charge is 0.487 e. The van der Waals surface area contributed by atoms with Crippen LogP contribution in [0.2, 0.25) is 5.02 Å². The highest BCUT2D eigenvalue weighted by atomic mass is 35.5. The Kier molecular flexibility index (Phi) is 9.11. The summed E-state index contributed by atoms with van der Waals surface area (Å²) >= 11 is 6.56. The van der Waals surface area contributed by atoms with E-state index in [-0.39, 0.29) is 11.0 Å². The van der Waals surface area contributed by atoms with Crippen molar-refractivity contribution in [2.24, 2.45) is 0 Å². The maximum Gasteiger partial charge on any atom is 0.153 e. The Hall–Kier alpha value is -3.92. The lowest BCUT2D eigenvalue weighted by Gasteiger charge is -2.12. The van der Waals surface area contributed by atoms with Gasteiger partial charge in [-0.3, -0.25) is 0 Å². The Labute approximate surface area is 251 Å². The van der Waals surface area contributed by atoms with Gasteiger partial charge in [-0.1, -0.05) is 41.4 Å². The Morgan fingerprint density at radius 3 is 2.64 bits per heavy atom. The fourth-order valence-electron chi connectivity index (χ4n) is 4.39. The number of aromatic nitrogens is 2. The molecule has 0 aliphatic rings. The van der Waals surface area contributed by atoms with Crippen LogP contribution >= 0.6 is 11.6 Å². The molecule has 3 aromatic carbocycles. The molecule has 0 amide bonds. The van der Waals surface area contributed by atoms with Gasteiger partial charge in [0, 0.05) is 23.2 Å². The topological polar surface area (TPSA) is 106 Å². The van der Waals surface area contributed by atoms with Crippen molar-refractivity contribution in [3.63, 3.8) is 0 Å². The first-order valence-electron chi connectivity index (χ1n) is 13.7. The third-order valence-electron chi connectivity index (χ3n) is 6.83. The molecule has 2 N–H and O–H groups in total. The zero-order valence-corrected chi connectivity index (χ0v) is 25.3. The molecule has 0 spiro atoms. The highest BCUT2D eigenvalue weighted by Gasteiger charge is 2.15. The van der Waals surface area contributed by atoms with E-state index < -0.39 is 9.84 Å². The summed E-state index contributed by atoms with van der Waals surface area (Å²) in [6.45, 7) is 6.66. The fourth-order valence-corrected chi connectivity index (χ4v) is 5.53. The van der Waals surface area contributed by atoms with Crippen LogP contribution in [0.3, 0.4) is 0 Å². The molecule has 5 aromatic rings. The van der Waals surface area contributed by atoms with Crippen LogP contribution in [0.25, 0.3) is 22.2 Å². The summed E-state index contributed by atoms with van der Waals surface area (Å²) in [6, 6.07) is 23.3. The number of halogens is 1. The summed E-state index contributed by atoms with van der Waals surface area (Å²) in [7, 11) is -3.08. The van der Waals surface area contributed by atoms with Gasteiger partial charge in [0.1, 0.15) is 36.0 Å². The van der Waals surface area contributed by atoms with Crippen molar-refractivity contribution in [1.29, 1.82) is 0 Å². The minimum atomic E-state index is -3.08. The number of sulfone groups is 1. The van der Waals surface area contributed by atoms with E-state index in [0.29, 0.717) is 47.8 Å². The van der Waals surface area contributed by atoms with Gasteiger partial charge in [-0.15, -0.1) is 0 Å². The number of aryl methyl sites for hydroxylation is 1. The highest BCUT2D eigenvalue weighted by molar-refractivity contribution is 7.92. The molecule has 0 bridgehead atoms. The van der Waals surface area contributed by atoms with Gasteiger partial charge in [0.15, 0.2) is 9.84 Å². The molecule has 0 saturated heterocycles. The molecule has 42 heavy (non-hydrogen) atoms. The van der Waals surface area contributed by atoms with E-state index >= 15 is 0 Å². The highest BCUT2D eigenvalue weighted by Crippen LogP contribution is 2.33. The number of furan rings is 1. The lowest BCUT2D eigenvalue weighted by Crippen LogP contribution is -2.26. The molecule has 0 atom stereocenters. The van der Waals surface area contributed by atoms with Gasteiger partial charge in [0.05, 0.1) is 28.1 Å². The van der Waals surface area contributed by atoms with Crippen molar-refractivity contribution in [1.82, 2.24) is 15.3 Å². The molecular weight excluding hydrogens is 572 g/mol. The molecule has 5 rings (SSSR count). The van der Waals surface area contributed by atoms with E-state index in [9.17, 15) is 8.42 Å². The number of benzene rings is 3. The number of nitrogens with one attached hydrogen (secondary N) is 2. The minimum Gasteiger partial charge on any atom is -0.487 e. The van der Waals surface area contributed by atoms with E-state index in [4.69, 9.17) is 20.8 Å². The van der Waals surface area contributed by atoms with Crippen LogP contribution in [0.1, 0.15) is 30.7 Å². The van der Waals surface area contributed by atoms with Crippen LogP contribution in [0.4, 0.5) is 11.5 Å². The molecule has 0 fully saturated rings. The Bertz CT molecular complexity index is 1800. The van der Waals surface area contributed by atoms with Crippen molar-refractivity contribution in [2.45, 2.75) is 39.2 Å². The van der Waals surface area contributed by atoms with E-state index in [0.717, 1.165) is 27.7 Å². The second-order valence-electron chi connectivity index (χ2n) is 10.4. The van der Waals surface area contributed by atoms with Gasteiger partial charge in [-0.05, 0) is 74.9 Å². The molecule has 218 valence electrons. The van der Waals surface area contributed by atoms with Gasteiger partial charge >= 0.3 is 0 Å². The predicted octanol–water partition coefficient (Wildman–Crippen LogP) is 7.09. The predicted molar refractivity (Wildman–Crippen MR) is 168 cm³/mol. The summed E-state index contributed by atoms with van der Waals surface area (Å²) in [5.74, 6) is 2.73. The number of nitrogens with zero attached hydrogens (tertiary/aromatic N) is 2. The van der Waals surface area contributed by atoms with E-state index in [1.54, 1.807) is 13.8 Å². The van der Waals surface area contributed by atoms with Gasteiger partial charge < -0.3 is 19.8 Å². The first kappa shape index (κ1) is 29.6. The van der Waals surface area contributed by atoms with Crippen molar-refractivity contribution in [3.8, 4) is 17.1 Å². The number of fused-ring (bicyclic) bond motifs is 1. The van der Waals surface area contributed by atoms with Gasteiger partial charge in [0.2, 0.25) is 0 Å². The lowest BCUT2D eigenvalue weighted by atomic mass is 10.1. The number of rotatable bonds is 12. The second-order valence-corrected chi connectivity index (χ2v) is 13.4. The zero-order chi connectivity index (χ0) is 29.7. The summed E-state index contributed by atoms with van der Waals surface area (Å²) < 4.78 is 36.0. The SMILES string of the molecule is Cc1cccc(COc2ccc(Nc3ncnc4ccc(-c5ccc(CNCCS(=O)(=O)C(C)C)o5)cc34)cc2Cl)c1. The van der Waals surface area contributed by atoms with Crippen LogP contribution in [-0.4, -0.2) is 35.9 Å². The third-order valence-corrected chi connectivity index (χ3v) is 9.34. The standard InChI is InChI=1S/C32H33ClN4O4S/c1-21(2)42(38,39)14-13-34-18-26-9-12-30(41-26)24-7-10-29-27(16-24)32(36-20-35-29)37-25-8-11-31(28(33)17-25)40-19-23-6-4-5-22(3)15-23/h4-12,15-17,20-21,34H,13-14,18-19H2,1-3H3,(H,35,36,37). The maximum atomic E-state index is 12.0. The number of anilines is 2. The average molecular weight is 605 g/mol. The van der Waals surface area contributed by atoms with Crippen molar-refractivity contribution >= 4 is 43.8 Å². The van der Waals surface area contributed by atoms with E-state index in [1.165, 1.54) is 11.9 Å². The normalized spacial score (nSPS) is 11.7. The van der Waals surface area contributed by atoms with Gasteiger partial charge in [-0.25, -0.2) is 18.4 Å². The monoisotopic (exact) mass is 604 g/mol. The first-order chi connectivity index (χ1) is 20.2. The number of hydrogen-bond acceptors (Lipinski definition) is 8. The molecule has 2 aromatic heterocycles. The molecule has 10 heteroatoms. The summed E-state index contributed by atoms with van der Waals surface area (Å²) in [5, 5.41) is 7.43. The summed E-state index contributed by atoms with van der Waals surface area (Å²) in [5.41, 5.74) is 4.67. The molecule has 0 saturated carbocycles. The Morgan fingerprint density at radius 1 is 1.00 bits per heavy atom. The van der Waals surface area contributed by atoms with Crippen LogP contribution in [0.5, 0.6) is 5.75 Å². The maximum absolute atomic E-state index is 12.0. The average Bonchev–Trinajstić information content (AvgIpc) is 3.44. The van der Waals surface area contributed by atoms with E-state index in [2.05, 4.69) is 39.7 Å². The molecule has 0 aliphatic carbocycles. The van der Waals surface area contributed by atoms with E-state index in [1.807, 2.05) is 60.7 Å². The summed E-state index contributed by atoms with van der Waals surface area (Å²) in [6.07, 6.45) is 1.52. The van der Waals surface area contributed by atoms with Crippen molar-refractivity contribution in [2.75, 3.05) is 17.6 Å². The van der Waals surface area contributed by atoms with Gasteiger partial charge in [0.25, 0.3) is 0 Å². The summed E-state index contributed by atoms with van der Waals surface area (Å²) in [4.78, 5) is 8.88. The molecular formula is C32H33ClN4O4S. The van der Waals surface area contributed by atoms with Crippen LogP contribution in [-0.2, 0) is 23.0 Å². The lowest BCUT2D eigenvalue weighted by molar-refractivity contribution is 0.306. The molecule has 0 radical (unpaired) electrons. The first-order valence-corrected chi connectivity index (χ1v) is 15.8. The molecule has 8 nitrogen and oxygen atoms in total. The van der Waals surface area contributed by atoms with Crippen molar-refractivity contribution < 1.29 is 17.6 Å². The molecule has 2 heterocycles. The second kappa shape index (κ2) is 12.9. The smallest absolute Gasteiger partial charge is 0.153 e. The number of ether oxygens (including phenoxy) is 1. The zero-order valence-electron chi connectivity index (χ0n) is 23.7. The third kappa shape index (κ3) is 7.28.